The molecule has 2 aromatic carbocycles. The average molecular weight is 467 g/mol. The molecule has 1 fully saturated rings. The molecule has 1 aliphatic rings. The molecule has 1 aliphatic heterocycles. The van der Waals surface area contributed by atoms with Gasteiger partial charge >= 0.3 is 0 Å². The molecular formula is C23H20Cl2N6O. The monoisotopic (exact) mass is 466 g/mol. The molecule has 0 bridgehead atoms. The summed E-state index contributed by atoms with van der Waals surface area (Å²) < 4.78 is 1.75. The van der Waals surface area contributed by atoms with Crippen molar-refractivity contribution in [2.24, 2.45) is 0 Å². The molecule has 3 heterocycles. The predicted octanol–water partition coefficient (Wildman–Crippen LogP) is 4.39. The molecule has 0 saturated carbocycles. The standard InChI is InChI=1S/C23H20Cl2N6O/c1-15-27-21(18-14-26-31(22(18)28-15)20-5-3-2-4-19(20)25)29-10-12-30(13-11-29)23(32)16-6-8-17(24)9-7-16/h2-9,14H,10-13H2,1H3. The number of carbonyl (C=O) groups excluding carboxylic acids is 1. The van der Waals surface area contributed by atoms with E-state index in [1.165, 1.54) is 0 Å². The molecule has 7 nitrogen and oxygen atoms in total. The molecule has 0 spiro atoms. The number of aryl methyl sites for hydroxylation is 1. The summed E-state index contributed by atoms with van der Waals surface area (Å²) in [6.45, 7) is 4.41. The topological polar surface area (TPSA) is 67.2 Å². The van der Waals surface area contributed by atoms with Gasteiger partial charge in [0, 0.05) is 36.8 Å². The average Bonchev–Trinajstić information content (AvgIpc) is 3.22. The summed E-state index contributed by atoms with van der Waals surface area (Å²) >= 11 is 12.3. The molecular weight excluding hydrogens is 447 g/mol. The van der Waals surface area contributed by atoms with Gasteiger partial charge in [-0.1, -0.05) is 35.3 Å². The zero-order valence-electron chi connectivity index (χ0n) is 17.4. The van der Waals surface area contributed by atoms with Crippen molar-refractivity contribution >= 4 is 46.0 Å². The lowest BCUT2D eigenvalue weighted by atomic mass is 10.2. The molecule has 0 radical (unpaired) electrons. The fourth-order valence-electron chi connectivity index (χ4n) is 3.94. The third-order valence-electron chi connectivity index (χ3n) is 5.56. The molecule has 0 N–H and O–H groups in total. The zero-order chi connectivity index (χ0) is 22.2. The Morgan fingerprint density at radius 2 is 1.66 bits per heavy atom. The van der Waals surface area contributed by atoms with E-state index in [0.717, 1.165) is 16.9 Å². The van der Waals surface area contributed by atoms with Crippen LogP contribution in [-0.4, -0.2) is 56.7 Å². The fraction of sp³-hybridized carbons (Fsp3) is 0.217. The summed E-state index contributed by atoms with van der Waals surface area (Å²) in [5.74, 6) is 1.49. The number of benzene rings is 2. The van der Waals surface area contributed by atoms with E-state index < -0.39 is 0 Å². The number of rotatable bonds is 3. The number of nitrogens with zero attached hydrogens (tertiary/aromatic N) is 6. The number of piperazine rings is 1. The van der Waals surface area contributed by atoms with Crippen molar-refractivity contribution in [1.29, 1.82) is 0 Å². The van der Waals surface area contributed by atoms with Gasteiger partial charge in [-0.15, -0.1) is 0 Å². The van der Waals surface area contributed by atoms with Crippen LogP contribution in [0.1, 0.15) is 16.2 Å². The Kier molecular flexibility index (Phi) is 5.45. The van der Waals surface area contributed by atoms with Gasteiger partial charge in [0.2, 0.25) is 0 Å². The lowest BCUT2D eigenvalue weighted by molar-refractivity contribution is 0.0746. The Hall–Kier alpha value is -3.16. The van der Waals surface area contributed by atoms with Crippen LogP contribution in [0.15, 0.2) is 54.7 Å². The molecule has 0 atom stereocenters. The molecule has 5 rings (SSSR count). The van der Waals surface area contributed by atoms with Gasteiger partial charge in [-0.2, -0.15) is 5.10 Å². The van der Waals surface area contributed by atoms with Gasteiger partial charge in [0.05, 0.1) is 22.3 Å². The number of anilines is 1. The van der Waals surface area contributed by atoms with E-state index in [9.17, 15) is 4.79 Å². The van der Waals surface area contributed by atoms with Crippen molar-refractivity contribution in [2.75, 3.05) is 31.1 Å². The van der Waals surface area contributed by atoms with Gasteiger partial charge in [-0.05, 0) is 43.3 Å². The third-order valence-corrected chi connectivity index (χ3v) is 6.13. The highest BCUT2D eigenvalue weighted by molar-refractivity contribution is 6.32. The SMILES string of the molecule is Cc1nc(N2CCN(C(=O)c3ccc(Cl)cc3)CC2)c2cnn(-c3ccccc3Cl)c2n1. The highest BCUT2D eigenvalue weighted by atomic mass is 35.5. The van der Waals surface area contributed by atoms with E-state index in [4.69, 9.17) is 28.2 Å². The van der Waals surface area contributed by atoms with Crippen molar-refractivity contribution < 1.29 is 4.79 Å². The first-order valence-corrected chi connectivity index (χ1v) is 11.0. The maximum absolute atomic E-state index is 12.8. The number of hydrogen-bond acceptors (Lipinski definition) is 5. The van der Waals surface area contributed by atoms with Crippen LogP contribution in [-0.2, 0) is 0 Å². The quantitative estimate of drug-likeness (QED) is 0.447. The second-order valence-corrected chi connectivity index (χ2v) is 8.47. The van der Waals surface area contributed by atoms with Gasteiger partial charge in [0.15, 0.2) is 5.65 Å². The number of hydrogen-bond donors (Lipinski definition) is 0. The minimum atomic E-state index is 0.0110. The smallest absolute Gasteiger partial charge is 0.253 e. The highest BCUT2D eigenvalue weighted by Crippen LogP contribution is 2.29. The van der Waals surface area contributed by atoms with Gasteiger partial charge in [-0.25, -0.2) is 14.6 Å². The molecule has 162 valence electrons. The minimum Gasteiger partial charge on any atom is -0.352 e. The van der Waals surface area contributed by atoms with Crippen molar-refractivity contribution in [2.45, 2.75) is 6.92 Å². The van der Waals surface area contributed by atoms with E-state index in [2.05, 4.69) is 15.0 Å². The number of para-hydroxylation sites is 1. The van der Waals surface area contributed by atoms with Crippen LogP contribution >= 0.6 is 23.2 Å². The molecule has 32 heavy (non-hydrogen) atoms. The first kappa shape index (κ1) is 20.7. The molecule has 0 unspecified atom stereocenters. The van der Waals surface area contributed by atoms with Crippen LogP contribution in [0.4, 0.5) is 5.82 Å². The van der Waals surface area contributed by atoms with Crippen LogP contribution in [0.3, 0.4) is 0 Å². The third kappa shape index (κ3) is 3.78. The Morgan fingerprint density at radius 1 is 0.938 bits per heavy atom. The van der Waals surface area contributed by atoms with Crippen LogP contribution < -0.4 is 4.90 Å². The van der Waals surface area contributed by atoms with Crippen molar-refractivity contribution in [3.63, 3.8) is 0 Å². The Bertz CT molecular complexity index is 1300. The van der Waals surface area contributed by atoms with Gasteiger partial charge in [0.1, 0.15) is 11.6 Å². The summed E-state index contributed by atoms with van der Waals surface area (Å²) in [6.07, 6.45) is 1.78. The highest BCUT2D eigenvalue weighted by Gasteiger charge is 2.25. The summed E-state index contributed by atoms with van der Waals surface area (Å²) in [4.78, 5) is 26.2. The van der Waals surface area contributed by atoms with Gasteiger partial charge in [-0.3, -0.25) is 4.79 Å². The number of carbonyl (C=O) groups is 1. The van der Waals surface area contributed by atoms with Crippen LogP contribution in [0, 0.1) is 6.92 Å². The van der Waals surface area contributed by atoms with Crippen molar-refractivity contribution in [3.8, 4) is 5.69 Å². The number of halogens is 2. The molecule has 0 aliphatic carbocycles. The second kappa shape index (κ2) is 8.41. The number of amides is 1. The largest absolute Gasteiger partial charge is 0.352 e. The molecule has 1 saturated heterocycles. The Balaban J connectivity index is 1.41. The van der Waals surface area contributed by atoms with E-state index in [-0.39, 0.29) is 5.91 Å². The first-order chi connectivity index (χ1) is 15.5. The maximum Gasteiger partial charge on any atom is 0.253 e. The zero-order valence-corrected chi connectivity index (χ0v) is 18.9. The lowest BCUT2D eigenvalue weighted by Crippen LogP contribution is -2.49. The van der Waals surface area contributed by atoms with E-state index in [1.54, 1.807) is 35.1 Å². The Morgan fingerprint density at radius 3 is 2.38 bits per heavy atom. The van der Waals surface area contributed by atoms with E-state index in [0.29, 0.717) is 53.3 Å². The first-order valence-electron chi connectivity index (χ1n) is 10.3. The number of fused-ring (bicyclic) bond motifs is 1. The van der Waals surface area contributed by atoms with Crippen LogP contribution in [0.2, 0.25) is 10.0 Å². The van der Waals surface area contributed by atoms with Crippen LogP contribution in [0.5, 0.6) is 0 Å². The van der Waals surface area contributed by atoms with Gasteiger partial charge < -0.3 is 9.80 Å². The fourth-order valence-corrected chi connectivity index (χ4v) is 4.28. The maximum atomic E-state index is 12.8. The minimum absolute atomic E-state index is 0.0110. The molecule has 1 amide bonds. The lowest BCUT2D eigenvalue weighted by Gasteiger charge is -2.35. The van der Waals surface area contributed by atoms with Gasteiger partial charge in [0.25, 0.3) is 5.91 Å². The second-order valence-electron chi connectivity index (χ2n) is 7.63. The number of aromatic nitrogens is 4. The molecule has 4 aromatic rings. The summed E-state index contributed by atoms with van der Waals surface area (Å²) in [5.41, 5.74) is 2.12. The van der Waals surface area contributed by atoms with E-state index in [1.807, 2.05) is 36.1 Å². The molecule has 2 aromatic heterocycles. The normalized spacial score (nSPS) is 14.2. The summed E-state index contributed by atoms with van der Waals surface area (Å²) in [6, 6.07) is 14.5. The van der Waals surface area contributed by atoms with Crippen LogP contribution in [0.25, 0.3) is 16.7 Å². The summed E-state index contributed by atoms with van der Waals surface area (Å²) in [5, 5.41) is 6.61. The van der Waals surface area contributed by atoms with E-state index >= 15 is 0 Å². The summed E-state index contributed by atoms with van der Waals surface area (Å²) in [7, 11) is 0. The Labute approximate surface area is 195 Å². The van der Waals surface area contributed by atoms with Crippen molar-refractivity contribution in [1.82, 2.24) is 24.6 Å². The molecule has 9 heteroatoms. The van der Waals surface area contributed by atoms with Crippen molar-refractivity contribution in [3.05, 3.63) is 76.2 Å². The predicted molar refractivity (Wildman–Crippen MR) is 126 cm³/mol.